The van der Waals surface area contributed by atoms with Gasteiger partial charge in [-0.1, -0.05) is 6.07 Å². The summed E-state index contributed by atoms with van der Waals surface area (Å²) in [5.41, 5.74) is 1.60. The molecule has 142 valence electrons. The van der Waals surface area contributed by atoms with E-state index in [1.54, 1.807) is 11.3 Å². The van der Waals surface area contributed by atoms with E-state index < -0.39 is 0 Å². The maximum atomic E-state index is 12.8. The zero-order chi connectivity index (χ0) is 18.6. The van der Waals surface area contributed by atoms with Crippen molar-refractivity contribution in [3.05, 3.63) is 52.2 Å². The van der Waals surface area contributed by atoms with E-state index >= 15 is 0 Å². The lowest BCUT2D eigenvalue weighted by atomic mass is 10.1. The van der Waals surface area contributed by atoms with E-state index in [1.165, 1.54) is 4.88 Å². The van der Waals surface area contributed by atoms with E-state index in [-0.39, 0.29) is 11.8 Å². The van der Waals surface area contributed by atoms with Gasteiger partial charge in [-0.15, -0.1) is 11.3 Å². The fraction of sp³-hybridized carbons (Fsp3) is 0.429. The molecular weight excluding hydrogens is 358 g/mol. The number of carbonyl (C=O) groups excluding carboxylic acids is 2. The number of amides is 2. The number of nitrogens with zero attached hydrogens (tertiary/aromatic N) is 3. The molecule has 0 saturated carbocycles. The quantitative estimate of drug-likeness (QED) is 0.814. The Morgan fingerprint density at radius 3 is 2.41 bits per heavy atom. The molecule has 2 aliphatic rings. The zero-order valence-electron chi connectivity index (χ0n) is 15.5. The average molecular weight is 384 g/mol. The van der Waals surface area contributed by atoms with Gasteiger partial charge in [0.05, 0.1) is 0 Å². The van der Waals surface area contributed by atoms with Gasteiger partial charge in [-0.2, -0.15) is 0 Å². The molecule has 2 saturated heterocycles. The first-order chi connectivity index (χ1) is 13.2. The predicted molar refractivity (Wildman–Crippen MR) is 108 cm³/mol. The van der Waals surface area contributed by atoms with Crippen LogP contribution in [0.25, 0.3) is 0 Å². The van der Waals surface area contributed by atoms with Gasteiger partial charge < -0.3 is 9.80 Å². The highest BCUT2D eigenvalue weighted by atomic mass is 32.1. The van der Waals surface area contributed by atoms with Crippen LogP contribution in [0.5, 0.6) is 0 Å². The lowest BCUT2D eigenvalue weighted by Gasteiger charge is -2.34. The van der Waals surface area contributed by atoms with Crippen molar-refractivity contribution in [2.24, 2.45) is 0 Å². The van der Waals surface area contributed by atoms with Crippen molar-refractivity contribution in [1.82, 2.24) is 9.80 Å². The molecule has 2 aromatic rings. The molecule has 0 N–H and O–H groups in total. The second-order valence-electron chi connectivity index (χ2n) is 7.20. The number of hydrogen-bond acceptors (Lipinski definition) is 4. The van der Waals surface area contributed by atoms with Gasteiger partial charge in [0.15, 0.2) is 0 Å². The summed E-state index contributed by atoms with van der Waals surface area (Å²) in [6.07, 6.45) is 2.64. The van der Waals surface area contributed by atoms with Crippen LogP contribution in [0.4, 0.5) is 5.69 Å². The van der Waals surface area contributed by atoms with Crippen LogP contribution in [0.3, 0.4) is 0 Å². The molecule has 2 aliphatic heterocycles. The number of benzene rings is 1. The van der Waals surface area contributed by atoms with Gasteiger partial charge in [-0.25, -0.2) is 0 Å². The summed E-state index contributed by atoms with van der Waals surface area (Å²) in [5.74, 6) is 0.268. The van der Waals surface area contributed by atoms with Gasteiger partial charge in [0.25, 0.3) is 5.91 Å². The van der Waals surface area contributed by atoms with E-state index in [4.69, 9.17) is 0 Å². The minimum Gasteiger partial charge on any atom is -0.336 e. The van der Waals surface area contributed by atoms with Crippen molar-refractivity contribution in [2.75, 3.05) is 37.6 Å². The van der Waals surface area contributed by atoms with Crippen LogP contribution < -0.4 is 4.90 Å². The Kier molecular flexibility index (Phi) is 5.55. The summed E-state index contributed by atoms with van der Waals surface area (Å²) in [4.78, 5) is 32.4. The fourth-order valence-electron chi connectivity index (χ4n) is 3.78. The SMILES string of the molecule is O=C(c1ccc(N2CCCCC2=O)cc1)N1CCN(Cc2cccs2)CC1. The summed E-state index contributed by atoms with van der Waals surface area (Å²) in [6.45, 7) is 5.08. The van der Waals surface area contributed by atoms with Gasteiger partial charge in [0.2, 0.25) is 5.91 Å². The highest BCUT2D eigenvalue weighted by molar-refractivity contribution is 7.09. The van der Waals surface area contributed by atoms with Crippen molar-refractivity contribution in [3.63, 3.8) is 0 Å². The molecule has 3 heterocycles. The maximum absolute atomic E-state index is 12.8. The van der Waals surface area contributed by atoms with Crippen LogP contribution in [0.15, 0.2) is 41.8 Å². The van der Waals surface area contributed by atoms with Crippen LogP contribution in [-0.2, 0) is 11.3 Å². The van der Waals surface area contributed by atoms with E-state index in [9.17, 15) is 9.59 Å². The Labute approximate surface area is 164 Å². The second-order valence-corrected chi connectivity index (χ2v) is 8.23. The third-order valence-electron chi connectivity index (χ3n) is 5.37. The van der Waals surface area contributed by atoms with E-state index in [0.29, 0.717) is 12.0 Å². The molecule has 4 rings (SSSR count). The normalized spacial score (nSPS) is 18.7. The molecule has 27 heavy (non-hydrogen) atoms. The topological polar surface area (TPSA) is 43.9 Å². The maximum Gasteiger partial charge on any atom is 0.253 e. The summed E-state index contributed by atoms with van der Waals surface area (Å²) >= 11 is 1.78. The third-order valence-corrected chi connectivity index (χ3v) is 6.23. The van der Waals surface area contributed by atoms with Crippen LogP contribution >= 0.6 is 11.3 Å². The summed E-state index contributed by atoms with van der Waals surface area (Å²) < 4.78 is 0. The second kappa shape index (κ2) is 8.23. The van der Waals surface area contributed by atoms with Gasteiger partial charge in [-0.3, -0.25) is 14.5 Å². The van der Waals surface area contributed by atoms with Crippen LogP contribution in [0.1, 0.15) is 34.5 Å². The molecule has 0 aliphatic carbocycles. The predicted octanol–water partition coefficient (Wildman–Crippen LogP) is 3.22. The fourth-order valence-corrected chi connectivity index (χ4v) is 4.52. The Hall–Kier alpha value is -2.18. The largest absolute Gasteiger partial charge is 0.336 e. The van der Waals surface area contributed by atoms with Gasteiger partial charge in [-0.05, 0) is 48.6 Å². The molecule has 0 radical (unpaired) electrons. The third kappa shape index (κ3) is 4.22. The molecule has 1 aromatic heterocycles. The highest BCUT2D eigenvalue weighted by Gasteiger charge is 2.23. The highest BCUT2D eigenvalue weighted by Crippen LogP contribution is 2.22. The van der Waals surface area contributed by atoms with E-state index in [1.807, 2.05) is 34.1 Å². The Bertz CT molecular complexity index is 780. The van der Waals surface area contributed by atoms with Gasteiger partial charge >= 0.3 is 0 Å². The minimum atomic E-state index is 0.0855. The van der Waals surface area contributed by atoms with Crippen molar-refractivity contribution in [1.29, 1.82) is 0 Å². The summed E-state index contributed by atoms with van der Waals surface area (Å²) in [7, 11) is 0. The number of anilines is 1. The first kappa shape index (κ1) is 18.2. The molecule has 0 atom stereocenters. The number of carbonyl (C=O) groups is 2. The molecule has 0 unspecified atom stereocenters. The lowest BCUT2D eigenvalue weighted by Crippen LogP contribution is -2.48. The smallest absolute Gasteiger partial charge is 0.253 e. The molecule has 6 heteroatoms. The number of piperidine rings is 1. The molecule has 5 nitrogen and oxygen atoms in total. The Morgan fingerprint density at radius 1 is 0.963 bits per heavy atom. The summed E-state index contributed by atoms with van der Waals surface area (Å²) in [6, 6.07) is 11.8. The van der Waals surface area contributed by atoms with E-state index in [0.717, 1.165) is 57.8 Å². The van der Waals surface area contributed by atoms with Crippen molar-refractivity contribution in [2.45, 2.75) is 25.8 Å². The summed E-state index contributed by atoms with van der Waals surface area (Å²) in [5, 5.41) is 2.11. The van der Waals surface area contributed by atoms with Crippen LogP contribution in [0, 0.1) is 0 Å². The van der Waals surface area contributed by atoms with Gasteiger partial charge in [0, 0.05) is 61.8 Å². The van der Waals surface area contributed by atoms with Crippen molar-refractivity contribution in [3.8, 4) is 0 Å². The van der Waals surface area contributed by atoms with Crippen molar-refractivity contribution < 1.29 is 9.59 Å². The first-order valence-electron chi connectivity index (χ1n) is 9.65. The van der Waals surface area contributed by atoms with Crippen molar-refractivity contribution >= 4 is 28.8 Å². The standard InChI is InChI=1S/C21H25N3O2S/c25-20-5-1-2-10-24(20)18-8-6-17(7-9-18)21(26)23-13-11-22(12-14-23)16-19-4-3-15-27-19/h3-4,6-9,15H,1-2,5,10-14,16H2. The molecule has 2 fully saturated rings. The Balaban J connectivity index is 1.34. The molecule has 0 spiro atoms. The zero-order valence-corrected chi connectivity index (χ0v) is 16.3. The lowest BCUT2D eigenvalue weighted by molar-refractivity contribution is -0.119. The monoisotopic (exact) mass is 383 g/mol. The molecular formula is C21H25N3O2S. The average Bonchev–Trinajstić information content (AvgIpc) is 3.22. The number of hydrogen-bond donors (Lipinski definition) is 0. The minimum absolute atomic E-state index is 0.0855. The Morgan fingerprint density at radius 2 is 1.74 bits per heavy atom. The van der Waals surface area contributed by atoms with Crippen LogP contribution in [0.2, 0.25) is 0 Å². The molecule has 1 aromatic carbocycles. The number of thiophene rings is 1. The first-order valence-corrected chi connectivity index (χ1v) is 10.5. The molecule has 2 amide bonds. The number of piperazine rings is 1. The van der Waals surface area contributed by atoms with E-state index in [2.05, 4.69) is 22.4 Å². The molecule has 0 bridgehead atoms. The van der Waals surface area contributed by atoms with Crippen LogP contribution in [-0.4, -0.2) is 54.3 Å². The number of rotatable bonds is 4. The van der Waals surface area contributed by atoms with Gasteiger partial charge in [0.1, 0.15) is 0 Å².